The van der Waals surface area contributed by atoms with E-state index in [-0.39, 0.29) is 11.2 Å². The van der Waals surface area contributed by atoms with Crippen LogP contribution in [0.5, 0.6) is 0 Å². The Morgan fingerprint density at radius 2 is 2.26 bits per heavy atom. The second kappa shape index (κ2) is 6.82. The van der Waals surface area contributed by atoms with Crippen molar-refractivity contribution in [2.45, 2.75) is 31.1 Å². The smallest absolute Gasteiger partial charge is 0.237 e. The number of ether oxygens (including phenoxy) is 1. The summed E-state index contributed by atoms with van der Waals surface area (Å²) in [6, 6.07) is 7.18. The van der Waals surface area contributed by atoms with Crippen LogP contribution in [-0.2, 0) is 9.53 Å². The summed E-state index contributed by atoms with van der Waals surface area (Å²) in [6.45, 7) is 2.78. The maximum absolute atomic E-state index is 12.0. The molecule has 1 saturated heterocycles. The van der Waals surface area contributed by atoms with Crippen LogP contribution < -0.4 is 11.1 Å². The first kappa shape index (κ1) is 14.2. The van der Waals surface area contributed by atoms with Gasteiger partial charge in [0.05, 0.1) is 11.4 Å². The minimum Gasteiger partial charge on any atom is -0.399 e. The van der Waals surface area contributed by atoms with Crippen LogP contribution in [-0.4, -0.2) is 29.6 Å². The van der Waals surface area contributed by atoms with Gasteiger partial charge in [-0.3, -0.25) is 4.79 Å². The van der Waals surface area contributed by atoms with Crippen molar-refractivity contribution in [3.63, 3.8) is 0 Å². The van der Waals surface area contributed by atoms with Crippen molar-refractivity contribution >= 4 is 29.0 Å². The number of amides is 1. The highest BCUT2D eigenvalue weighted by molar-refractivity contribution is 8.00. The molecule has 1 heterocycles. The molecule has 0 spiro atoms. The van der Waals surface area contributed by atoms with Gasteiger partial charge in [0.2, 0.25) is 5.91 Å². The second-order valence-electron chi connectivity index (χ2n) is 4.72. The van der Waals surface area contributed by atoms with Gasteiger partial charge in [-0.2, -0.15) is 0 Å². The van der Waals surface area contributed by atoms with Crippen molar-refractivity contribution < 1.29 is 9.53 Å². The molecule has 2 rings (SSSR count). The molecule has 1 fully saturated rings. The lowest BCUT2D eigenvalue weighted by molar-refractivity contribution is -0.115. The van der Waals surface area contributed by atoms with E-state index in [4.69, 9.17) is 10.5 Å². The summed E-state index contributed by atoms with van der Waals surface area (Å²) in [5.74, 6) is 0.906. The van der Waals surface area contributed by atoms with E-state index in [9.17, 15) is 4.79 Å². The number of nitrogens with one attached hydrogen (secondary N) is 1. The molecule has 1 aromatic carbocycles. The third-order valence-corrected chi connectivity index (χ3v) is 4.38. The molecule has 0 saturated carbocycles. The molecule has 1 aliphatic heterocycles. The Bertz CT molecular complexity index is 416. The summed E-state index contributed by atoms with van der Waals surface area (Å²) in [5, 5.41) is 2.81. The number of nitrogen functional groups attached to an aromatic ring is 1. The SMILES string of the molecule is CC(SCC1CCCO1)C(=O)Nc1ccc(N)cc1. The number of carbonyl (C=O) groups is 1. The largest absolute Gasteiger partial charge is 0.399 e. The Balaban J connectivity index is 1.76. The molecule has 0 radical (unpaired) electrons. The third kappa shape index (κ3) is 4.44. The number of hydrogen-bond acceptors (Lipinski definition) is 4. The van der Waals surface area contributed by atoms with E-state index in [0.29, 0.717) is 11.8 Å². The highest BCUT2D eigenvalue weighted by Crippen LogP contribution is 2.21. The Labute approximate surface area is 118 Å². The predicted molar refractivity (Wildman–Crippen MR) is 80.4 cm³/mol. The molecule has 4 nitrogen and oxygen atoms in total. The molecule has 2 unspecified atom stereocenters. The van der Waals surface area contributed by atoms with E-state index in [1.807, 2.05) is 19.1 Å². The topological polar surface area (TPSA) is 64.3 Å². The fourth-order valence-corrected chi connectivity index (χ4v) is 2.89. The van der Waals surface area contributed by atoms with Crippen molar-refractivity contribution in [3.8, 4) is 0 Å². The second-order valence-corrected chi connectivity index (χ2v) is 6.10. The number of nitrogens with two attached hydrogens (primary N) is 1. The average molecular weight is 280 g/mol. The lowest BCUT2D eigenvalue weighted by Gasteiger charge is -2.14. The molecule has 104 valence electrons. The quantitative estimate of drug-likeness (QED) is 0.813. The Hall–Kier alpha value is -1.20. The van der Waals surface area contributed by atoms with Gasteiger partial charge < -0.3 is 15.8 Å². The Kier molecular flexibility index (Phi) is 5.10. The minimum absolute atomic E-state index is 0.0211. The van der Waals surface area contributed by atoms with Crippen LogP contribution in [0.3, 0.4) is 0 Å². The van der Waals surface area contributed by atoms with E-state index >= 15 is 0 Å². The van der Waals surface area contributed by atoms with Gasteiger partial charge in [-0.05, 0) is 44.0 Å². The molecule has 3 N–H and O–H groups in total. The van der Waals surface area contributed by atoms with Crippen LogP contribution in [0, 0.1) is 0 Å². The normalized spacial score (nSPS) is 20.2. The fourth-order valence-electron chi connectivity index (χ4n) is 1.91. The molecule has 1 aromatic rings. The van der Waals surface area contributed by atoms with Crippen molar-refractivity contribution in [1.82, 2.24) is 0 Å². The first-order valence-corrected chi connectivity index (χ1v) is 7.59. The zero-order chi connectivity index (χ0) is 13.7. The van der Waals surface area contributed by atoms with Crippen LogP contribution in [0.15, 0.2) is 24.3 Å². The number of benzene rings is 1. The van der Waals surface area contributed by atoms with Gasteiger partial charge in [0.1, 0.15) is 0 Å². The molecule has 1 aliphatic rings. The summed E-state index contributed by atoms with van der Waals surface area (Å²) in [4.78, 5) is 12.0. The van der Waals surface area contributed by atoms with Crippen molar-refractivity contribution in [2.75, 3.05) is 23.4 Å². The highest BCUT2D eigenvalue weighted by Gasteiger charge is 2.19. The number of carbonyl (C=O) groups excluding carboxylic acids is 1. The molecule has 1 amide bonds. The van der Waals surface area contributed by atoms with Crippen LogP contribution in [0.4, 0.5) is 11.4 Å². The van der Waals surface area contributed by atoms with E-state index in [1.54, 1.807) is 23.9 Å². The van der Waals surface area contributed by atoms with E-state index < -0.39 is 0 Å². The van der Waals surface area contributed by atoms with Gasteiger partial charge in [-0.25, -0.2) is 0 Å². The molecule has 0 bridgehead atoms. The Morgan fingerprint density at radius 3 is 2.89 bits per heavy atom. The van der Waals surface area contributed by atoms with Crippen LogP contribution >= 0.6 is 11.8 Å². The highest BCUT2D eigenvalue weighted by atomic mass is 32.2. The number of rotatable bonds is 5. The van der Waals surface area contributed by atoms with Gasteiger partial charge in [-0.1, -0.05) is 0 Å². The van der Waals surface area contributed by atoms with Gasteiger partial charge in [0.15, 0.2) is 0 Å². The molecule has 19 heavy (non-hydrogen) atoms. The van der Waals surface area contributed by atoms with Gasteiger partial charge in [-0.15, -0.1) is 11.8 Å². The van der Waals surface area contributed by atoms with E-state index in [0.717, 1.165) is 30.9 Å². The first-order valence-electron chi connectivity index (χ1n) is 6.55. The molecular formula is C14H20N2O2S. The zero-order valence-electron chi connectivity index (χ0n) is 11.1. The van der Waals surface area contributed by atoms with Crippen LogP contribution in [0.25, 0.3) is 0 Å². The standard InChI is InChI=1S/C14H20N2O2S/c1-10(19-9-13-3-2-8-18-13)14(17)16-12-6-4-11(15)5-7-12/h4-7,10,13H,2-3,8-9,15H2,1H3,(H,16,17). The third-order valence-electron chi connectivity index (χ3n) is 3.10. The van der Waals surface area contributed by atoms with Crippen LogP contribution in [0.1, 0.15) is 19.8 Å². The van der Waals surface area contributed by atoms with Gasteiger partial charge >= 0.3 is 0 Å². The fraction of sp³-hybridized carbons (Fsp3) is 0.500. The van der Waals surface area contributed by atoms with E-state index in [2.05, 4.69) is 5.32 Å². The number of thioether (sulfide) groups is 1. The maximum atomic E-state index is 12.0. The number of anilines is 2. The zero-order valence-corrected chi connectivity index (χ0v) is 11.9. The van der Waals surface area contributed by atoms with Crippen LogP contribution in [0.2, 0.25) is 0 Å². The van der Waals surface area contributed by atoms with Gasteiger partial charge in [0.25, 0.3) is 0 Å². The molecule has 0 aromatic heterocycles. The molecular weight excluding hydrogens is 260 g/mol. The lowest BCUT2D eigenvalue weighted by Crippen LogP contribution is -2.24. The summed E-state index contributed by atoms with van der Waals surface area (Å²) >= 11 is 1.64. The summed E-state index contributed by atoms with van der Waals surface area (Å²) < 4.78 is 5.55. The predicted octanol–water partition coefficient (Wildman–Crippen LogP) is 2.51. The van der Waals surface area contributed by atoms with E-state index in [1.165, 1.54) is 0 Å². The summed E-state index contributed by atoms with van der Waals surface area (Å²) in [7, 11) is 0. The lowest BCUT2D eigenvalue weighted by atomic mass is 10.3. The number of hydrogen-bond donors (Lipinski definition) is 2. The monoisotopic (exact) mass is 280 g/mol. The first-order chi connectivity index (χ1) is 9.15. The molecule has 0 aliphatic carbocycles. The average Bonchev–Trinajstić information content (AvgIpc) is 2.91. The molecule has 5 heteroatoms. The van der Waals surface area contributed by atoms with Crippen molar-refractivity contribution in [2.24, 2.45) is 0 Å². The van der Waals surface area contributed by atoms with Crippen molar-refractivity contribution in [3.05, 3.63) is 24.3 Å². The summed E-state index contributed by atoms with van der Waals surface area (Å²) in [6.07, 6.45) is 2.56. The van der Waals surface area contributed by atoms with Crippen molar-refractivity contribution in [1.29, 1.82) is 0 Å². The molecule has 2 atom stereocenters. The Morgan fingerprint density at radius 1 is 1.53 bits per heavy atom. The summed E-state index contributed by atoms with van der Waals surface area (Å²) in [5.41, 5.74) is 7.08. The maximum Gasteiger partial charge on any atom is 0.237 e. The minimum atomic E-state index is -0.0817. The van der Waals surface area contributed by atoms with Gasteiger partial charge in [0, 0.05) is 23.7 Å².